The van der Waals surface area contributed by atoms with E-state index in [1.54, 1.807) is 13.0 Å². The van der Waals surface area contributed by atoms with E-state index in [0.717, 1.165) is 10.6 Å². The van der Waals surface area contributed by atoms with E-state index in [1.807, 2.05) is 0 Å². The van der Waals surface area contributed by atoms with Crippen molar-refractivity contribution in [3.05, 3.63) is 81.4 Å². The largest absolute Gasteiger partial charge is 0.502 e. The lowest BCUT2D eigenvalue weighted by Gasteiger charge is -2.14. The Bertz CT molecular complexity index is 1250. The zero-order valence-corrected chi connectivity index (χ0v) is 18.4. The van der Waals surface area contributed by atoms with Crippen LogP contribution in [0.3, 0.4) is 0 Å². The van der Waals surface area contributed by atoms with Crippen LogP contribution in [0.25, 0.3) is 11.3 Å². The van der Waals surface area contributed by atoms with Crippen molar-refractivity contribution in [2.75, 3.05) is 13.2 Å². The van der Waals surface area contributed by atoms with Gasteiger partial charge in [0.15, 0.2) is 5.75 Å². The van der Waals surface area contributed by atoms with Crippen LogP contribution in [0.15, 0.2) is 53.3 Å². The van der Waals surface area contributed by atoms with Gasteiger partial charge >= 0.3 is 6.18 Å². The molecule has 0 aliphatic carbocycles. The number of aryl methyl sites for hydroxylation is 1. The molecule has 2 N–H and O–H groups in total. The van der Waals surface area contributed by atoms with Gasteiger partial charge in [0, 0.05) is 19.2 Å². The van der Waals surface area contributed by atoms with Gasteiger partial charge in [-0.05, 0) is 55.3 Å². The predicted molar refractivity (Wildman–Crippen MR) is 117 cm³/mol. The summed E-state index contributed by atoms with van der Waals surface area (Å²) in [5.41, 5.74) is -0.858. The number of benzene rings is 2. The molecule has 0 unspecified atom stereocenters. The molecule has 6 nitrogen and oxygen atoms in total. The standard InChI is InChI=1S/C24H22F4N2O4/c1-14-10-15(12-16(25)11-14)19-13-17(21(31)23(33)30(19)2)22(32)29-8-5-9-34-20-7-4-3-6-18(20)24(26,27)28/h3-4,6-7,10-13,31H,5,8-9H2,1-2H3,(H,29,32). The Morgan fingerprint density at radius 2 is 1.85 bits per heavy atom. The third-order valence-corrected chi connectivity index (χ3v) is 5.04. The lowest BCUT2D eigenvalue weighted by atomic mass is 10.0. The molecule has 0 fully saturated rings. The molecule has 3 aromatic rings. The van der Waals surface area contributed by atoms with E-state index in [9.17, 15) is 32.3 Å². The molecule has 0 atom stereocenters. The average molecular weight is 478 g/mol. The van der Waals surface area contributed by atoms with Crippen molar-refractivity contribution < 1.29 is 32.2 Å². The first-order valence-corrected chi connectivity index (χ1v) is 10.3. The van der Waals surface area contributed by atoms with Gasteiger partial charge in [0.1, 0.15) is 11.6 Å². The van der Waals surface area contributed by atoms with Crippen molar-refractivity contribution in [1.82, 2.24) is 9.88 Å². The van der Waals surface area contributed by atoms with Crippen LogP contribution in [0.4, 0.5) is 17.6 Å². The number of carbonyl (C=O) groups is 1. The summed E-state index contributed by atoms with van der Waals surface area (Å²) in [4.78, 5) is 25.0. The van der Waals surface area contributed by atoms with E-state index in [0.29, 0.717) is 11.1 Å². The van der Waals surface area contributed by atoms with Crippen LogP contribution in [0.2, 0.25) is 0 Å². The summed E-state index contributed by atoms with van der Waals surface area (Å²) in [5.74, 6) is -2.37. The summed E-state index contributed by atoms with van der Waals surface area (Å²) in [6.07, 6.45) is -4.39. The molecule has 0 saturated carbocycles. The van der Waals surface area contributed by atoms with E-state index in [-0.39, 0.29) is 36.6 Å². The van der Waals surface area contributed by atoms with Crippen LogP contribution in [-0.4, -0.2) is 28.7 Å². The number of ether oxygens (including phenoxy) is 1. The number of hydrogen-bond acceptors (Lipinski definition) is 4. The smallest absolute Gasteiger partial charge is 0.419 e. The number of nitrogens with zero attached hydrogens (tertiary/aromatic N) is 1. The van der Waals surface area contributed by atoms with Crippen LogP contribution in [0, 0.1) is 12.7 Å². The highest BCUT2D eigenvalue weighted by Gasteiger charge is 2.33. The van der Waals surface area contributed by atoms with E-state index in [1.165, 1.54) is 43.4 Å². The maximum atomic E-state index is 13.8. The Morgan fingerprint density at radius 3 is 2.53 bits per heavy atom. The number of amides is 1. The quantitative estimate of drug-likeness (QED) is 0.389. The van der Waals surface area contributed by atoms with Gasteiger partial charge in [-0.15, -0.1) is 0 Å². The first kappa shape index (κ1) is 24.8. The molecular weight excluding hydrogens is 456 g/mol. The van der Waals surface area contributed by atoms with Crippen LogP contribution in [0.5, 0.6) is 11.5 Å². The summed E-state index contributed by atoms with van der Waals surface area (Å²) < 4.78 is 59.2. The summed E-state index contributed by atoms with van der Waals surface area (Å²) in [6.45, 7) is 1.58. The van der Waals surface area contributed by atoms with Crippen molar-refractivity contribution in [3.8, 4) is 22.8 Å². The van der Waals surface area contributed by atoms with Gasteiger partial charge in [0.2, 0.25) is 0 Å². The maximum Gasteiger partial charge on any atom is 0.419 e. The summed E-state index contributed by atoms with van der Waals surface area (Å²) in [7, 11) is 1.38. The zero-order chi connectivity index (χ0) is 25.0. The highest BCUT2D eigenvalue weighted by molar-refractivity contribution is 5.97. The number of hydrogen-bond donors (Lipinski definition) is 2. The number of aromatic hydroxyl groups is 1. The van der Waals surface area contributed by atoms with Crippen molar-refractivity contribution in [2.24, 2.45) is 7.05 Å². The molecule has 1 aromatic heterocycles. The lowest BCUT2D eigenvalue weighted by molar-refractivity contribution is -0.138. The van der Waals surface area contributed by atoms with E-state index < -0.39 is 34.8 Å². The molecule has 1 heterocycles. The Balaban J connectivity index is 1.69. The van der Waals surface area contributed by atoms with Gasteiger partial charge in [-0.1, -0.05) is 12.1 Å². The molecule has 0 bridgehead atoms. The third-order valence-electron chi connectivity index (χ3n) is 5.04. The van der Waals surface area contributed by atoms with E-state index >= 15 is 0 Å². The second kappa shape index (κ2) is 9.98. The second-order valence-electron chi connectivity index (χ2n) is 7.63. The average Bonchev–Trinajstić information content (AvgIpc) is 2.76. The molecule has 34 heavy (non-hydrogen) atoms. The number of carbonyl (C=O) groups excluding carboxylic acids is 1. The molecule has 0 spiro atoms. The molecule has 0 aliphatic rings. The normalized spacial score (nSPS) is 11.4. The van der Waals surface area contributed by atoms with Gasteiger partial charge in [-0.25, -0.2) is 4.39 Å². The van der Waals surface area contributed by atoms with Crippen molar-refractivity contribution in [2.45, 2.75) is 19.5 Å². The van der Waals surface area contributed by atoms with Crippen LogP contribution in [-0.2, 0) is 13.2 Å². The van der Waals surface area contributed by atoms with Crippen molar-refractivity contribution in [1.29, 1.82) is 0 Å². The Hall–Kier alpha value is -3.82. The first-order chi connectivity index (χ1) is 16.0. The highest BCUT2D eigenvalue weighted by atomic mass is 19.4. The number of pyridine rings is 1. The summed E-state index contributed by atoms with van der Waals surface area (Å²) in [5, 5.41) is 12.7. The van der Waals surface area contributed by atoms with E-state index in [2.05, 4.69) is 5.32 Å². The number of para-hydroxylation sites is 1. The summed E-state index contributed by atoms with van der Waals surface area (Å²) in [6, 6.07) is 10.2. The fourth-order valence-electron chi connectivity index (χ4n) is 3.40. The molecule has 180 valence electrons. The predicted octanol–water partition coefficient (Wildman–Crippen LogP) is 4.42. The highest BCUT2D eigenvalue weighted by Crippen LogP contribution is 2.35. The van der Waals surface area contributed by atoms with E-state index in [4.69, 9.17) is 4.74 Å². The molecule has 2 aromatic carbocycles. The summed E-state index contributed by atoms with van der Waals surface area (Å²) >= 11 is 0. The van der Waals surface area contributed by atoms with Crippen molar-refractivity contribution in [3.63, 3.8) is 0 Å². The number of nitrogens with one attached hydrogen (secondary N) is 1. The first-order valence-electron chi connectivity index (χ1n) is 10.3. The van der Waals surface area contributed by atoms with Crippen LogP contribution in [0.1, 0.15) is 27.9 Å². The molecule has 0 aliphatic heterocycles. The molecule has 1 amide bonds. The Labute approximate surface area is 192 Å². The van der Waals surface area contributed by atoms with Gasteiger partial charge in [0.05, 0.1) is 23.4 Å². The zero-order valence-electron chi connectivity index (χ0n) is 18.4. The molecule has 0 radical (unpaired) electrons. The van der Waals surface area contributed by atoms with Gasteiger partial charge in [0.25, 0.3) is 11.5 Å². The minimum Gasteiger partial charge on any atom is -0.502 e. The topological polar surface area (TPSA) is 80.6 Å². The molecular formula is C24H22F4N2O4. The fraction of sp³-hybridized carbons (Fsp3) is 0.250. The van der Waals surface area contributed by atoms with Gasteiger partial charge < -0.3 is 19.7 Å². The number of alkyl halides is 3. The Kier molecular flexibility index (Phi) is 7.29. The SMILES string of the molecule is Cc1cc(F)cc(-c2cc(C(=O)NCCCOc3ccccc3C(F)(F)F)c(O)c(=O)n2C)c1. The lowest BCUT2D eigenvalue weighted by Crippen LogP contribution is -2.29. The van der Waals surface area contributed by atoms with Gasteiger partial charge in [-0.3, -0.25) is 9.59 Å². The second-order valence-corrected chi connectivity index (χ2v) is 7.63. The number of halogens is 4. The molecule has 10 heteroatoms. The monoisotopic (exact) mass is 478 g/mol. The minimum absolute atomic E-state index is 0.00999. The number of aromatic nitrogens is 1. The minimum atomic E-state index is -4.56. The van der Waals surface area contributed by atoms with Crippen LogP contribution < -0.4 is 15.6 Å². The van der Waals surface area contributed by atoms with Crippen LogP contribution >= 0.6 is 0 Å². The third kappa shape index (κ3) is 5.56. The molecule has 3 rings (SSSR count). The molecule has 0 saturated heterocycles. The number of rotatable bonds is 7. The van der Waals surface area contributed by atoms with Gasteiger partial charge in [-0.2, -0.15) is 13.2 Å². The van der Waals surface area contributed by atoms with Crippen molar-refractivity contribution >= 4 is 5.91 Å². The Morgan fingerprint density at radius 1 is 1.15 bits per heavy atom. The fourth-order valence-corrected chi connectivity index (χ4v) is 3.40. The maximum absolute atomic E-state index is 13.8.